The van der Waals surface area contributed by atoms with Crippen LogP contribution in [0.25, 0.3) is 0 Å². The molecular formula is C22H31NO2. The van der Waals surface area contributed by atoms with Gasteiger partial charge in [-0.05, 0) is 24.0 Å². The Balaban J connectivity index is 0.00000151. The molecule has 0 spiro atoms. The maximum Gasteiger partial charge on any atom is 0.226 e. The zero-order valence-electron chi connectivity index (χ0n) is 15.7. The van der Waals surface area contributed by atoms with Gasteiger partial charge in [-0.2, -0.15) is 0 Å². The molecule has 25 heavy (non-hydrogen) atoms. The number of aliphatic hydroxyl groups excluding tert-OH is 1. The van der Waals surface area contributed by atoms with E-state index in [2.05, 4.69) is 0 Å². The fourth-order valence-corrected chi connectivity index (χ4v) is 2.65. The SMILES string of the molecule is CC.CC(CCCO)C(=O)N(Cc1ccccc1)Cc1ccccc1. The molecule has 0 saturated heterocycles. The Labute approximate surface area is 152 Å². The molecule has 0 aliphatic carbocycles. The number of amides is 1. The second-order valence-electron chi connectivity index (χ2n) is 5.93. The number of aliphatic hydroxyl groups is 1. The van der Waals surface area contributed by atoms with E-state index in [9.17, 15) is 4.79 Å². The van der Waals surface area contributed by atoms with Crippen molar-refractivity contribution in [2.75, 3.05) is 6.61 Å². The molecule has 2 aromatic carbocycles. The van der Waals surface area contributed by atoms with Gasteiger partial charge in [0.1, 0.15) is 0 Å². The third-order valence-corrected chi connectivity index (χ3v) is 3.96. The minimum atomic E-state index is -0.0745. The van der Waals surface area contributed by atoms with Crippen LogP contribution in [0.15, 0.2) is 60.7 Å². The van der Waals surface area contributed by atoms with Crippen LogP contribution in [0.1, 0.15) is 44.7 Å². The highest BCUT2D eigenvalue weighted by Gasteiger charge is 2.20. The maximum absolute atomic E-state index is 12.8. The third-order valence-electron chi connectivity index (χ3n) is 3.96. The molecule has 0 fully saturated rings. The number of nitrogens with zero attached hydrogens (tertiary/aromatic N) is 1. The Hall–Kier alpha value is -2.13. The Morgan fingerprint density at radius 3 is 1.76 bits per heavy atom. The van der Waals surface area contributed by atoms with Crippen molar-refractivity contribution >= 4 is 5.91 Å². The zero-order chi connectivity index (χ0) is 18.5. The zero-order valence-corrected chi connectivity index (χ0v) is 15.7. The van der Waals surface area contributed by atoms with Crippen molar-refractivity contribution in [1.82, 2.24) is 4.90 Å². The van der Waals surface area contributed by atoms with E-state index in [1.807, 2.05) is 86.3 Å². The van der Waals surface area contributed by atoms with E-state index in [1.165, 1.54) is 0 Å². The van der Waals surface area contributed by atoms with E-state index >= 15 is 0 Å². The summed E-state index contributed by atoms with van der Waals surface area (Å²) in [4.78, 5) is 14.7. The maximum atomic E-state index is 12.8. The van der Waals surface area contributed by atoms with Gasteiger partial charge < -0.3 is 10.0 Å². The molecule has 0 aromatic heterocycles. The minimum absolute atomic E-state index is 0.0745. The topological polar surface area (TPSA) is 40.5 Å². The van der Waals surface area contributed by atoms with E-state index in [4.69, 9.17) is 5.11 Å². The summed E-state index contributed by atoms with van der Waals surface area (Å²) < 4.78 is 0. The van der Waals surface area contributed by atoms with Crippen molar-refractivity contribution in [3.05, 3.63) is 71.8 Å². The van der Waals surface area contributed by atoms with Crippen molar-refractivity contribution in [3.8, 4) is 0 Å². The molecule has 0 aliphatic rings. The first-order chi connectivity index (χ1) is 12.2. The molecule has 1 amide bonds. The van der Waals surface area contributed by atoms with Crippen LogP contribution in [0.5, 0.6) is 0 Å². The van der Waals surface area contributed by atoms with Crippen LogP contribution in [-0.4, -0.2) is 22.5 Å². The van der Waals surface area contributed by atoms with Crippen LogP contribution in [-0.2, 0) is 17.9 Å². The summed E-state index contributed by atoms with van der Waals surface area (Å²) in [7, 11) is 0. The standard InChI is InChI=1S/C20H25NO2.C2H6/c1-17(9-8-14-22)20(23)21(15-18-10-4-2-5-11-18)16-19-12-6-3-7-13-19;1-2/h2-7,10-13,17,22H,8-9,14-16H2,1H3;1-2H3. The Morgan fingerprint density at radius 1 is 0.920 bits per heavy atom. The van der Waals surface area contributed by atoms with Crippen molar-refractivity contribution < 1.29 is 9.90 Å². The number of benzene rings is 2. The number of rotatable bonds is 8. The van der Waals surface area contributed by atoms with Crippen molar-refractivity contribution in [2.24, 2.45) is 5.92 Å². The van der Waals surface area contributed by atoms with Gasteiger partial charge in [-0.15, -0.1) is 0 Å². The van der Waals surface area contributed by atoms with Gasteiger partial charge in [0.15, 0.2) is 0 Å². The lowest BCUT2D eigenvalue weighted by Gasteiger charge is -2.26. The van der Waals surface area contributed by atoms with Crippen LogP contribution in [0.2, 0.25) is 0 Å². The van der Waals surface area contributed by atoms with E-state index < -0.39 is 0 Å². The molecule has 136 valence electrons. The Morgan fingerprint density at radius 2 is 1.36 bits per heavy atom. The van der Waals surface area contributed by atoms with Crippen LogP contribution >= 0.6 is 0 Å². The first-order valence-corrected chi connectivity index (χ1v) is 9.18. The first kappa shape index (κ1) is 20.9. The minimum Gasteiger partial charge on any atom is -0.396 e. The highest BCUT2D eigenvalue weighted by atomic mass is 16.3. The Bertz CT molecular complexity index is 542. The summed E-state index contributed by atoms with van der Waals surface area (Å²) >= 11 is 0. The molecule has 0 bridgehead atoms. The van der Waals surface area contributed by atoms with Gasteiger partial charge in [0.05, 0.1) is 0 Å². The molecule has 1 unspecified atom stereocenters. The molecular weight excluding hydrogens is 310 g/mol. The summed E-state index contributed by atoms with van der Waals surface area (Å²) in [6.07, 6.45) is 1.38. The summed E-state index contributed by atoms with van der Waals surface area (Å²) in [5.74, 6) is 0.0701. The van der Waals surface area contributed by atoms with Gasteiger partial charge >= 0.3 is 0 Å². The molecule has 0 saturated carbocycles. The van der Waals surface area contributed by atoms with E-state index in [0.29, 0.717) is 19.5 Å². The van der Waals surface area contributed by atoms with Gasteiger partial charge in [0, 0.05) is 25.6 Å². The van der Waals surface area contributed by atoms with Gasteiger partial charge in [-0.1, -0.05) is 81.4 Å². The van der Waals surface area contributed by atoms with Crippen LogP contribution in [0.4, 0.5) is 0 Å². The quantitative estimate of drug-likeness (QED) is 0.759. The predicted molar refractivity (Wildman–Crippen MR) is 104 cm³/mol. The fraction of sp³-hybridized carbons (Fsp3) is 0.409. The van der Waals surface area contributed by atoms with Crippen molar-refractivity contribution in [3.63, 3.8) is 0 Å². The van der Waals surface area contributed by atoms with Crippen LogP contribution in [0, 0.1) is 5.92 Å². The van der Waals surface area contributed by atoms with Crippen molar-refractivity contribution in [2.45, 2.75) is 46.7 Å². The average molecular weight is 341 g/mol. The summed E-state index contributed by atoms with van der Waals surface area (Å²) in [6, 6.07) is 20.1. The molecule has 1 N–H and O–H groups in total. The molecule has 2 aromatic rings. The molecule has 0 heterocycles. The lowest BCUT2D eigenvalue weighted by Crippen LogP contribution is -2.34. The number of carbonyl (C=O) groups is 1. The van der Waals surface area contributed by atoms with Gasteiger partial charge in [-0.25, -0.2) is 0 Å². The predicted octanol–water partition coefficient (Wildman–Crippen LogP) is 4.65. The number of hydrogen-bond acceptors (Lipinski definition) is 2. The number of carbonyl (C=O) groups excluding carboxylic acids is 1. The second-order valence-corrected chi connectivity index (χ2v) is 5.93. The monoisotopic (exact) mass is 341 g/mol. The summed E-state index contributed by atoms with van der Waals surface area (Å²) in [5, 5.41) is 8.98. The molecule has 3 nitrogen and oxygen atoms in total. The van der Waals surface area contributed by atoms with Crippen molar-refractivity contribution in [1.29, 1.82) is 0 Å². The van der Waals surface area contributed by atoms with Crippen LogP contribution < -0.4 is 0 Å². The normalized spacial score (nSPS) is 11.2. The summed E-state index contributed by atoms with van der Waals surface area (Å²) in [6.45, 7) is 7.30. The third kappa shape index (κ3) is 7.53. The molecule has 3 heteroatoms. The Kier molecular flexibility index (Phi) is 10.3. The van der Waals surface area contributed by atoms with E-state index in [1.54, 1.807) is 0 Å². The van der Waals surface area contributed by atoms with Gasteiger partial charge in [0.25, 0.3) is 0 Å². The first-order valence-electron chi connectivity index (χ1n) is 9.18. The van der Waals surface area contributed by atoms with E-state index in [0.717, 1.165) is 17.5 Å². The molecule has 0 radical (unpaired) electrons. The van der Waals surface area contributed by atoms with E-state index in [-0.39, 0.29) is 18.4 Å². The lowest BCUT2D eigenvalue weighted by atomic mass is 10.0. The number of hydrogen-bond donors (Lipinski definition) is 1. The molecule has 2 rings (SSSR count). The molecule has 0 aliphatic heterocycles. The van der Waals surface area contributed by atoms with Gasteiger partial charge in [0.2, 0.25) is 5.91 Å². The highest BCUT2D eigenvalue weighted by molar-refractivity contribution is 5.78. The lowest BCUT2D eigenvalue weighted by molar-refractivity contribution is -0.136. The van der Waals surface area contributed by atoms with Crippen LogP contribution in [0.3, 0.4) is 0 Å². The highest BCUT2D eigenvalue weighted by Crippen LogP contribution is 2.16. The average Bonchev–Trinajstić information content (AvgIpc) is 2.68. The molecule has 1 atom stereocenters. The fourth-order valence-electron chi connectivity index (χ4n) is 2.65. The largest absolute Gasteiger partial charge is 0.396 e. The smallest absolute Gasteiger partial charge is 0.226 e. The van der Waals surface area contributed by atoms with Gasteiger partial charge in [-0.3, -0.25) is 4.79 Å². The summed E-state index contributed by atoms with van der Waals surface area (Å²) in [5.41, 5.74) is 2.26. The second kappa shape index (κ2) is 12.3.